The minimum atomic E-state index is -0.107. The van der Waals surface area contributed by atoms with E-state index >= 15 is 0 Å². The summed E-state index contributed by atoms with van der Waals surface area (Å²) in [5, 5.41) is 3.35. The zero-order valence-corrected chi connectivity index (χ0v) is 10.4. The highest BCUT2D eigenvalue weighted by Crippen LogP contribution is 2.29. The highest BCUT2D eigenvalue weighted by Gasteiger charge is 2.17. The minimum Gasteiger partial charge on any atom is -0.316 e. The number of nitrogens with one attached hydrogen (secondary N) is 1. The Hall–Kier alpha value is -0.410. The summed E-state index contributed by atoms with van der Waals surface area (Å²) in [7, 11) is 0. The molecule has 1 aliphatic rings. The van der Waals surface area contributed by atoms with Crippen molar-refractivity contribution >= 4 is 15.9 Å². The second kappa shape index (κ2) is 4.62. The molecule has 0 amide bonds. The summed E-state index contributed by atoms with van der Waals surface area (Å²) in [6, 6.07) is 3.73. The Morgan fingerprint density at radius 2 is 2.27 bits per heavy atom. The van der Waals surface area contributed by atoms with Crippen molar-refractivity contribution in [3.63, 3.8) is 0 Å². The number of piperidine rings is 1. The van der Waals surface area contributed by atoms with Crippen LogP contribution in [0.1, 0.15) is 29.9 Å². The zero-order chi connectivity index (χ0) is 10.8. The smallest absolute Gasteiger partial charge is 0.127 e. The molecule has 0 aliphatic carbocycles. The Bertz CT molecular complexity index is 336. The number of hydrogen-bond donors (Lipinski definition) is 1. The molecule has 1 nitrogen and oxygen atoms in total. The molecule has 1 aromatic rings. The maximum absolute atomic E-state index is 13.5. The predicted octanol–water partition coefficient (Wildman–Crippen LogP) is 3.36. The molecule has 1 saturated heterocycles. The van der Waals surface area contributed by atoms with Crippen LogP contribution >= 0.6 is 15.9 Å². The standard InChI is InChI=1S/C12H15BrFN/c1-8-11(13)5-10(6-12(8)14)9-3-2-4-15-7-9/h5-6,9,15H,2-4,7H2,1H3. The molecule has 0 spiro atoms. The lowest BCUT2D eigenvalue weighted by atomic mass is 9.91. The molecule has 0 bridgehead atoms. The van der Waals surface area contributed by atoms with Crippen LogP contribution in [0.15, 0.2) is 16.6 Å². The fourth-order valence-corrected chi connectivity index (χ4v) is 2.49. The molecular formula is C12H15BrFN. The van der Waals surface area contributed by atoms with Crippen molar-refractivity contribution in [2.45, 2.75) is 25.7 Å². The second-order valence-electron chi connectivity index (χ2n) is 4.15. The molecule has 2 rings (SSSR count). The average molecular weight is 272 g/mol. The first-order valence-electron chi connectivity index (χ1n) is 5.34. The van der Waals surface area contributed by atoms with Crippen LogP contribution in [0.5, 0.6) is 0 Å². The van der Waals surface area contributed by atoms with Gasteiger partial charge in [-0.15, -0.1) is 0 Å². The lowest BCUT2D eigenvalue weighted by Gasteiger charge is -2.23. The first-order chi connectivity index (χ1) is 7.18. The first kappa shape index (κ1) is 11.1. The number of hydrogen-bond acceptors (Lipinski definition) is 1. The molecule has 1 aliphatic heterocycles. The van der Waals surface area contributed by atoms with E-state index in [0.29, 0.717) is 11.5 Å². The van der Waals surface area contributed by atoms with E-state index in [-0.39, 0.29) is 5.82 Å². The molecule has 1 unspecified atom stereocenters. The number of benzene rings is 1. The van der Waals surface area contributed by atoms with Gasteiger partial charge in [-0.2, -0.15) is 0 Å². The van der Waals surface area contributed by atoms with Gasteiger partial charge in [0.15, 0.2) is 0 Å². The molecule has 1 heterocycles. The van der Waals surface area contributed by atoms with Crippen LogP contribution in [0.2, 0.25) is 0 Å². The number of rotatable bonds is 1. The highest BCUT2D eigenvalue weighted by molar-refractivity contribution is 9.10. The Labute approximate surface area is 98.2 Å². The predicted molar refractivity (Wildman–Crippen MR) is 63.7 cm³/mol. The van der Waals surface area contributed by atoms with Gasteiger partial charge < -0.3 is 5.32 Å². The summed E-state index contributed by atoms with van der Waals surface area (Å²) < 4.78 is 14.4. The monoisotopic (exact) mass is 271 g/mol. The van der Waals surface area contributed by atoms with Gasteiger partial charge in [0.25, 0.3) is 0 Å². The van der Waals surface area contributed by atoms with E-state index in [1.165, 1.54) is 6.42 Å². The summed E-state index contributed by atoms with van der Waals surface area (Å²) in [5.74, 6) is 0.357. The molecule has 15 heavy (non-hydrogen) atoms. The van der Waals surface area contributed by atoms with E-state index in [1.807, 2.05) is 0 Å². The summed E-state index contributed by atoms with van der Waals surface area (Å²) >= 11 is 3.40. The van der Waals surface area contributed by atoms with Gasteiger partial charge in [-0.25, -0.2) is 4.39 Å². The summed E-state index contributed by atoms with van der Waals surface area (Å²) in [6.07, 6.45) is 2.33. The Kier molecular flexibility index (Phi) is 3.42. The fourth-order valence-electron chi connectivity index (χ4n) is 2.04. The lowest BCUT2D eigenvalue weighted by molar-refractivity contribution is 0.459. The van der Waals surface area contributed by atoms with E-state index in [1.54, 1.807) is 13.0 Å². The molecule has 1 N–H and O–H groups in total. The van der Waals surface area contributed by atoms with Crippen LogP contribution in [0, 0.1) is 12.7 Å². The van der Waals surface area contributed by atoms with Gasteiger partial charge in [0.1, 0.15) is 5.82 Å². The summed E-state index contributed by atoms with van der Waals surface area (Å²) in [5.41, 5.74) is 1.81. The summed E-state index contributed by atoms with van der Waals surface area (Å²) in [4.78, 5) is 0. The van der Waals surface area contributed by atoms with Crippen molar-refractivity contribution in [1.82, 2.24) is 5.32 Å². The normalized spacial score (nSPS) is 21.7. The van der Waals surface area contributed by atoms with E-state index in [2.05, 4.69) is 27.3 Å². The second-order valence-corrected chi connectivity index (χ2v) is 5.01. The zero-order valence-electron chi connectivity index (χ0n) is 8.82. The van der Waals surface area contributed by atoms with Crippen molar-refractivity contribution in [2.24, 2.45) is 0 Å². The third kappa shape index (κ3) is 2.40. The minimum absolute atomic E-state index is 0.107. The third-order valence-corrected chi connectivity index (χ3v) is 3.90. The van der Waals surface area contributed by atoms with Gasteiger partial charge in [-0.1, -0.05) is 15.9 Å². The van der Waals surface area contributed by atoms with Crippen molar-refractivity contribution < 1.29 is 4.39 Å². The van der Waals surface area contributed by atoms with Crippen LogP contribution in [0.25, 0.3) is 0 Å². The van der Waals surface area contributed by atoms with Gasteiger partial charge in [0.2, 0.25) is 0 Å². The highest BCUT2D eigenvalue weighted by atomic mass is 79.9. The quantitative estimate of drug-likeness (QED) is 0.826. The SMILES string of the molecule is Cc1c(F)cc(C2CCCNC2)cc1Br. The van der Waals surface area contributed by atoms with Gasteiger partial charge in [-0.05, 0) is 55.5 Å². The van der Waals surface area contributed by atoms with E-state index in [9.17, 15) is 4.39 Å². The Balaban J connectivity index is 2.27. The topological polar surface area (TPSA) is 12.0 Å². The van der Waals surface area contributed by atoms with Crippen molar-refractivity contribution in [2.75, 3.05) is 13.1 Å². The molecule has 1 atom stereocenters. The van der Waals surface area contributed by atoms with Gasteiger partial charge in [-0.3, -0.25) is 0 Å². The maximum Gasteiger partial charge on any atom is 0.127 e. The molecule has 82 valence electrons. The van der Waals surface area contributed by atoms with Crippen LogP contribution in [-0.2, 0) is 0 Å². The Morgan fingerprint density at radius 3 is 2.87 bits per heavy atom. The lowest BCUT2D eigenvalue weighted by Crippen LogP contribution is -2.28. The van der Waals surface area contributed by atoms with Gasteiger partial charge in [0.05, 0.1) is 0 Å². The molecular weight excluding hydrogens is 257 g/mol. The average Bonchev–Trinajstić information content (AvgIpc) is 2.26. The molecule has 0 aromatic heterocycles. The van der Waals surface area contributed by atoms with Crippen LogP contribution < -0.4 is 5.32 Å². The van der Waals surface area contributed by atoms with Crippen molar-refractivity contribution in [3.05, 3.63) is 33.5 Å². The molecule has 0 radical (unpaired) electrons. The van der Waals surface area contributed by atoms with Gasteiger partial charge >= 0.3 is 0 Å². The molecule has 1 aromatic carbocycles. The van der Waals surface area contributed by atoms with E-state index < -0.39 is 0 Å². The largest absolute Gasteiger partial charge is 0.316 e. The molecule has 0 saturated carbocycles. The van der Waals surface area contributed by atoms with Crippen molar-refractivity contribution in [1.29, 1.82) is 0 Å². The third-order valence-electron chi connectivity index (χ3n) is 3.07. The van der Waals surface area contributed by atoms with Crippen molar-refractivity contribution in [3.8, 4) is 0 Å². The maximum atomic E-state index is 13.5. The first-order valence-corrected chi connectivity index (χ1v) is 6.14. The van der Waals surface area contributed by atoms with E-state index in [0.717, 1.165) is 29.5 Å². The van der Waals surface area contributed by atoms with Crippen LogP contribution in [0.4, 0.5) is 4.39 Å². The number of halogens is 2. The summed E-state index contributed by atoms with van der Waals surface area (Å²) in [6.45, 7) is 3.85. The van der Waals surface area contributed by atoms with Crippen LogP contribution in [0.3, 0.4) is 0 Å². The van der Waals surface area contributed by atoms with E-state index in [4.69, 9.17) is 0 Å². The fraction of sp³-hybridized carbons (Fsp3) is 0.500. The Morgan fingerprint density at radius 1 is 1.47 bits per heavy atom. The molecule has 3 heteroatoms. The molecule has 1 fully saturated rings. The van der Waals surface area contributed by atoms with Gasteiger partial charge in [0, 0.05) is 11.0 Å². The van der Waals surface area contributed by atoms with Crippen LogP contribution in [-0.4, -0.2) is 13.1 Å².